The molecular formula is C22H26ClNO3. The third-order valence-corrected chi connectivity index (χ3v) is 8.32. The molecule has 0 saturated heterocycles. The number of carboxylic acids is 1. The van der Waals surface area contributed by atoms with Crippen LogP contribution in [-0.4, -0.2) is 23.0 Å². The van der Waals surface area contributed by atoms with E-state index in [4.69, 9.17) is 11.6 Å². The average Bonchev–Trinajstić information content (AvgIpc) is 2.58. The van der Waals surface area contributed by atoms with Crippen LogP contribution in [0.2, 0.25) is 5.02 Å². The fraction of sp³-hybridized carbons (Fsp3) is 0.636. The third kappa shape index (κ3) is 2.55. The largest absolute Gasteiger partial charge is 0.481 e. The lowest BCUT2D eigenvalue weighted by Gasteiger charge is -2.58. The number of benzene rings is 1. The van der Waals surface area contributed by atoms with Crippen LogP contribution in [0, 0.1) is 23.2 Å². The van der Waals surface area contributed by atoms with Crippen LogP contribution in [0.4, 0.5) is 0 Å². The molecule has 2 atom stereocenters. The molecule has 0 heterocycles. The second kappa shape index (κ2) is 5.97. The number of rotatable bonds is 4. The molecule has 4 bridgehead atoms. The first-order chi connectivity index (χ1) is 12.9. The standard InChI is InChI=1S/C22H26ClNO3/c23-17-4-2-16(3-5-17)22(6-1-7-22)19(25)24-18-14-8-13-9-15(18)12-21(10-13,11-14)20(26)27/h2-5,13-15,18H,1,6-12H2,(H,24,25)(H,26,27). The Balaban J connectivity index is 1.37. The van der Waals surface area contributed by atoms with E-state index < -0.39 is 16.8 Å². The monoisotopic (exact) mass is 387 g/mol. The summed E-state index contributed by atoms with van der Waals surface area (Å²) in [5.41, 5.74) is 0.104. The van der Waals surface area contributed by atoms with E-state index in [9.17, 15) is 14.7 Å². The molecule has 0 aliphatic heterocycles. The van der Waals surface area contributed by atoms with Crippen LogP contribution in [0.25, 0.3) is 0 Å². The molecule has 5 fully saturated rings. The van der Waals surface area contributed by atoms with E-state index in [0.717, 1.165) is 56.9 Å². The van der Waals surface area contributed by atoms with Crippen molar-refractivity contribution in [3.63, 3.8) is 0 Å². The van der Waals surface area contributed by atoms with Crippen molar-refractivity contribution in [1.29, 1.82) is 0 Å². The molecule has 2 unspecified atom stereocenters. The Labute approximate surface area is 164 Å². The number of halogens is 1. The van der Waals surface area contributed by atoms with Crippen LogP contribution in [0.5, 0.6) is 0 Å². The second-order valence-electron chi connectivity index (χ2n) is 9.50. The van der Waals surface area contributed by atoms with Gasteiger partial charge in [0.15, 0.2) is 0 Å². The van der Waals surface area contributed by atoms with Gasteiger partial charge in [0.25, 0.3) is 0 Å². The third-order valence-electron chi connectivity index (χ3n) is 8.06. The summed E-state index contributed by atoms with van der Waals surface area (Å²) >= 11 is 6.03. The van der Waals surface area contributed by atoms with Crippen LogP contribution < -0.4 is 5.32 Å². The average molecular weight is 388 g/mol. The molecule has 27 heavy (non-hydrogen) atoms. The number of carboxylic acid groups (broad SMARTS) is 1. The lowest BCUT2D eigenvalue weighted by atomic mass is 9.47. The number of carbonyl (C=O) groups is 2. The van der Waals surface area contributed by atoms with E-state index in [-0.39, 0.29) is 11.9 Å². The van der Waals surface area contributed by atoms with Crippen LogP contribution in [0.15, 0.2) is 24.3 Å². The smallest absolute Gasteiger partial charge is 0.309 e. The zero-order valence-electron chi connectivity index (χ0n) is 15.4. The molecule has 5 aliphatic rings. The highest BCUT2D eigenvalue weighted by Gasteiger charge is 2.59. The van der Waals surface area contributed by atoms with E-state index >= 15 is 0 Å². The number of hydrogen-bond acceptors (Lipinski definition) is 2. The topological polar surface area (TPSA) is 66.4 Å². The molecule has 144 valence electrons. The summed E-state index contributed by atoms with van der Waals surface area (Å²) in [6.07, 6.45) is 7.27. The summed E-state index contributed by atoms with van der Waals surface area (Å²) in [5, 5.41) is 13.9. The summed E-state index contributed by atoms with van der Waals surface area (Å²) in [6.45, 7) is 0. The van der Waals surface area contributed by atoms with Gasteiger partial charge in [-0.25, -0.2) is 0 Å². The second-order valence-corrected chi connectivity index (χ2v) is 9.93. The highest BCUT2D eigenvalue weighted by Crippen LogP contribution is 2.60. The highest BCUT2D eigenvalue weighted by atomic mass is 35.5. The molecule has 4 nitrogen and oxygen atoms in total. The summed E-state index contributed by atoms with van der Waals surface area (Å²) in [6, 6.07) is 7.84. The van der Waals surface area contributed by atoms with Crippen molar-refractivity contribution < 1.29 is 14.7 Å². The highest BCUT2D eigenvalue weighted by molar-refractivity contribution is 6.30. The molecule has 1 aromatic rings. The number of nitrogens with one attached hydrogen (secondary N) is 1. The fourth-order valence-electron chi connectivity index (χ4n) is 6.76. The van der Waals surface area contributed by atoms with Gasteiger partial charge in [-0.1, -0.05) is 30.2 Å². The molecule has 6 rings (SSSR count). The van der Waals surface area contributed by atoms with Crippen molar-refractivity contribution in [2.45, 2.75) is 62.8 Å². The molecule has 0 radical (unpaired) electrons. The van der Waals surface area contributed by atoms with Crippen LogP contribution in [0.1, 0.15) is 56.9 Å². The van der Waals surface area contributed by atoms with Crippen molar-refractivity contribution in [1.82, 2.24) is 5.32 Å². The van der Waals surface area contributed by atoms with Gasteiger partial charge >= 0.3 is 5.97 Å². The molecule has 0 aromatic heterocycles. The Hall–Kier alpha value is -1.55. The lowest BCUT2D eigenvalue weighted by molar-refractivity contribution is -0.168. The molecule has 5 aliphatic carbocycles. The van der Waals surface area contributed by atoms with E-state index in [1.807, 2.05) is 24.3 Å². The maximum atomic E-state index is 13.4. The Bertz CT molecular complexity index is 769. The van der Waals surface area contributed by atoms with E-state index in [2.05, 4.69) is 5.32 Å². The Kier molecular flexibility index (Phi) is 3.88. The molecule has 1 aromatic carbocycles. The summed E-state index contributed by atoms with van der Waals surface area (Å²) in [7, 11) is 0. The molecule has 5 saturated carbocycles. The van der Waals surface area contributed by atoms with Crippen LogP contribution >= 0.6 is 11.6 Å². The van der Waals surface area contributed by atoms with Gasteiger partial charge in [-0.15, -0.1) is 0 Å². The quantitative estimate of drug-likeness (QED) is 0.815. The van der Waals surface area contributed by atoms with Crippen LogP contribution in [-0.2, 0) is 15.0 Å². The predicted molar refractivity (Wildman–Crippen MR) is 103 cm³/mol. The minimum absolute atomic E-state index is 0.137. The Morgan fingerprint density at radius 1 is 1.04 bits per heavy atom. The molecular weight excluding hydrogens is 362 g/mol. The molecule has 0 spiro atoms. The van der Waals surface area contributed by atoms with Gasteiger partial charge in [-0.3, -0.25) is 9.59 Å². The molecule has 2 N–H and O–H groups in total. The van der Waals surface area contributed by atoms with Crippen molar-refractivity contribution in [2.24, 2.45) is 23.2 Å². The summed E-state index contributed by atoms with van der Waals surface area (Å²) < 4.78 is 0. The fourth-order valence-corrected chi connectivity index (χ4v) is 6.88. The zero-order chi connectivity index (χ0) is 18.8. The summed E-state index contributed by atoms with van der Waals surface area (Å²) in [5.74, 6) is 0.680. The normalized spacial score (nSPS) is 38.3. The van der Waals surface area contributed by atoms with Gasteiger partial charge in [-0.2, -0.15) is 0 Å². The first kappa shape index (κ1) is 17.5. The van der Waals surface area contributed by atoms with Gasteiger partial charge in [0.1, 0.15) is 0 Å². The van der Waals surface area contributed by atoms with Gasteiger partial charge in [-0.05, 0) is 80.4 Å². The van der Waals surface area contributed by atoms with Gasteiger partial charge in [0, 0.05) is 11.1 Å². The Morgan fingerprint density at radius 2 is 1.67 bits per heavy atom. The van der Waals surface area contributed by atoms with Gasteiger partial charge in [0.2, 0.25) is 5.91 Å². The first-order valence-electron chi connectivity index (χ1n) is 10.2. The van der Waals surface area contributed by atoms with Crippen molar-refractivity contribution in [3.8, 4) is 0 Å². The Morgan fingerprint density at radius 3 is 2.19 bits per heavy atom. The zero-order valence-corrected chi connectivity index (χ0v) is 16.2. The lowest BCUT2D eigenvalue weighted by Crippen LogP contribution is -2.63. The maximum Gasteiger partial charge on any atom is 0.309 e. The number of hydrogen-bond donors (Lipinski definition) is 2. The predicted octanol–water partition coefficient (Wildman–Crippen LogP) is 4.16. The van der Waals surface area contributed by atoms with E-state index in [1.54, 1.807) is 0 Å². The van der Waals surface area contributed by atoms with Gasteiger partial charge in [0.05, 0.1) is 10.8 Å². The minimum Gasteiger partial charge on any atom is -0.481 e. The van der Waals surface area contributed by atoms with E-state index in [0.29, 0.717) is 22.8 Å². The van der Waals surface area contributed by atoms with Crippen molar-refractivity contribution >= 4 is 23.5 Å². The summed E-state index contributed by atoms with van der Waals surface area (Å²) in [4.78, 5) is 25.3. The van der Waals surface area contributed by atoms with Gasteiger partial charge < -0.3 is 10.4 Å². The number of carbonyl (C=O) groups excluding carboxylic acids is 1. The van der Waals surface area contributed by atoms with Crippen molar-refractivity contribution in [3.05, 3.63) is 34.9 Å². The minimum atomic E-state index is -0.622. The van der Waals surface area contributed by atoms with Crippen LogP contribution in [0.3, 0.4) is 0 Å². The molecule has 1 amide bonds. The molecule has 5 heteroatoms. The maximum absolute atomic E-state index is 13.4. The number of amides is 1. The SMILES string of the molecule is O=C(O)C12CC3CC(C1)C(NC(=O)C1(c4ccc(Cl)cc4)CCC1)C(C3)C2. The van der Waals surface area contributed by atoms with Crippen molar-refractivity contribution in [2.75, 3.05) is 0 Å². The van der Waals surface area contributed by atoms with E-state index in [1.165, 1.54) is 0 Å². The number of aliphatic carboxylic acids is 1. The first-order valence-corrected chi connectivity index (χ1v) is 10.6.